The molecular weight excluding hydrogens is 306 g/mol. The van der Waals surface area contributed by atoms with Crippen LogP contribution in [-0.4, -0.2) is 39.9 Å². The van der Waals surface area contributed by atoms with Gasteiger partial charge in [-0.25, -0.2) is 14.8 Å². The average Bonchev–Trinajstić information content (AvgIpc) is 2.95. The van der Waals surface area contributed by atoms with Crippen LogP contribution in [-0.2, 0) is 11.2 Å². The molecule has 2 aliphatic heterocycles. The minimum atomic E-state index is -0.405. The lowest BCUT2D eigenvalue weighted by molar-refractivity contribution is 0.0597. The maximum atomic E-state index is 13.0. The van der Waals surface area contributed by atoms with E-state index in [4.69, 9.17) is 0 Å². The molecule has 2 unspecified atom stereocenters. The number of ether oxygens (including phenoxy) is 1. The highest BCUT2D eigenvalue weighted by atomic mass is 16.5. The molecule has 0 saturated carbocycles. The van der Waals surface area contributed by atoms with Gasteiger partial charge in [-0.3, -0.25) is 4.79 Å². The van der Waals surface area contributed by atoms with Crippen molar-refractivity contribution < 1.29 is 14.3 Å². The molecule has 3 heterocycles. The van der Waals surface area contributed by atoms with Crippen LogP contribution in [0.1, 0.15) is 50.9 Å². The van der Waals surface area contributed by atoms with Gasteiger partial charge < -0.3 is 9.64 Å². The SMILES string of the molecule is COC(=O)c1ccc(C(=O)N2C3CCC2c2cncnc2C3)cc1. The minimum absolute atomic E-state index is 0.00609. The first kappa shape index (κ1) is 14.8. The van der Waals surface area contributed by atoms with Crippen LogP contribution in [0.3, 0.4) is 0 Å². The summed E-state index contributed by atoms with van der Waals surface area (Å²) in [6.07, 6.45) is 6.10. The largest absolute Gasteiger partial charge is 0.465 e. The molecular formula is C18H17N3O3. The molecule has 0 radical (unpaired) electrons. The van der Waals surface area contributed by atoms with Crippen LogP contribution >= 0.6 is 0 Å². The van der Waals surface area contributed by atoms with Crippen molar-refractivity contribution in [1.82, 2.24) is 14.9 Å². The molecule has 0 spiro atoms. The van der Waals surface area contributed by atoms with Crippen LogP contribution in [0, 0.1) is 0 Å². The summed E-state index contributed by atoms with van der Waals surface area (Å²) in [5, 5.41) is 0. The van der Waals surface area contributed by atoms with Crippen LogP contribution in [0.5, 0.6) is 0 Å². The Kier molecular flexibility index (Phi) is 3.52. The first-order valence-electron chi connectivity index (χ1n) is 7.99. The van der Waals surface area contributed by atoms with Gasteiger partial charge in [-0.15, -0.1) is 0 Å². The van der Waals surface area contributed by atoms with Crippen molar-refractivity contribution in [1.29, 1.82) is 0 Å². The highest BCUT2D eigenvalue weighted by molar-refractivity contribution is 5.97. The summed E-state index contributed by atoms with van der Waals surface area (Å²) in [5.41, 5.74) is 3.14. The van der Waals surface area contributed by atoms with Crippen LogP contribution in [0.4, 0.5) is 0 Å². The molecule has 2 aromatic rings. The number of methoxy groups -OCH3 is 1. The zero-order chi connectivity index (χ0) is 16.7. The molecule has 1 fully saturated rings. The number of hydrogen-bond donors (Lipinski definition) is 0. The summed E-state index contributed by atoms with van der Waals surface area (Å²) in [7, 11) is 1.34. The van der Waals surface area contributed by atoms with Gasteiger partial charge in [-0.2, -0.15) is 0 Å². The van der Waals surface area contributed by atoms with E-state index in [-0.39, 0.29) is 18.0 Å². The lowest BCUT2D eigenvalue weighted by Crippen LogP contribution is -2.42. The summed E-state index contributed by atoms with van der Waals surface area (Å²) < 4.78 is 4.69. The summed E-state index contributed by atoms with van der Waals surface area (Å²) >= 11 is 0. The summed E-state index contributed by atoms with van der Waals surface area (Å²) in [6, 6.07) is 6.86. The van der Waals surface area contributed by atoms with Crippen molar-refractivity contribution in [3.8, 4) is 0 Å². The molecule has 1 aromatic heterocycles. The number of esters is 1. The standard InChI is InChI=1S/C18H17N3O3/c1-24-18(23)12-4-2-11(3-5-12)17(22)21-13-6-7-16(21)14-9-19-10-20-15(14)8-13/h2-5,9-10,13,16H,6-8H2,1H3. The monoisotopic (exact) mass is 323 g/mol. The fraction of sp³-hybridized carbons (Fsp3) is 0.333. The zero-order valence-electron chi connectivity index (χ0n) is 13.3. The Morgan fingerprint density at radius 3 is 2.67 bits per heavy atom. The molecule has 24 heavy (non-hydrogen) atoms. The fourth-order valence-electron chi connectivity index (χ4n) is 3.75. The minimum Gasteiger partial charge on any atom is -0.465 e. The molecule has 0 aliphatic carbocycles. The molecule has 6 heteroatoms. The Morgan fingerprint density at radius 2 is 1.92 bits per heavy atom. The van der Waals surface area contributed by atoms with Crippen molar-refractivity contribution in [3.05, 3.63) is 59.2 Å². The second kappa shape index (κ2) is 5.70. The second-order valence-corrected chi connectivity index (χ2v) is 6.16. The van der Waals surface area contributed by atoms with Crippen LogP contribution < -0.4 is 0 Å². The highest BCUT2D eigenvalue weighted by Crippen LogP contribution is 2.43. The van der Waals surface area contributed by atoms with E-state index in [0.29, 0.717) is 11.1 Å². The van der Waals surface area contributed by atoms with Crippen LogP contribution in [0.25, 0.3) is 0 Å². The number of nitrogens with zero attached hydrogens (tertiary/aromatic N) is 3. The average molecular weight is 323 g/mol. The Morgan fingerprint density at radius 1 is 1.17 bits per heavy atom. The Hall–Kier alpha value is -2.76. The van der Waals surface area contributed by atoms with Crippen molar-refractivity contribution in [3.63, 3.8) is 0 Å². The van der Waals surface area contributed by atoms with E-state index < -0.39 is 5.97 Å². The predicted octanol–water partition coefficient (Wildman–Crippen LogP) is 2.17. The van der Waals surface area contributed by atoms with E-state index in [9.17, 15) is 9.59 Å². The number of rotatable bonds is 2. The van der Waals surface area contributed by atoms with Crippen LogP contribution in [0.2, 0.25) is 0 Å². The maximum Gasteiger partial charge on any atom is 0.337 e. The maximum absolute atomic E-state index is 13.0. The van der Waals surface area contributed by atoms with Crippen molar-refractivity contribution >= 4 is 11.9 Å². The van der Waals surface area contributed by atoms with Gasteiger partial charge in [0.25, 0.3) is 5.91 Å². The van der Waals surface area contributed by atoms with E-state index in [2.05, 4.69) is 14.7 Å². The third kappa shape index (κ3) is 2.26. The van der Waals surface area contributed by atoms with E-state index in [1.165, 1.54) is 7.11 Å². The Labute approximate surface area is 139 Å². The first-order chi connectivity index (χ1) is 11.7. The zero-order valence-corrected chi connectivity index (χ0v) is 13.3. The molecule has 1 saturated heterocycles. The predicted molar refractivity (Wildman–Crippen MR) is 85.5 cm³/mol. The molecule has 122 valence electrons. The number of carbonyl (C=O) groups excluding carboxylic acids is 2. The molecule has 4 rings (SSSR count). The second-order valence-electron chi connectivity index (χ2n) is 6.16. The number of amides is 1. The molecule has 1 aromatic carbocycles. The van der Waals surface area contributed by atoms with Gasteiger partial charge in [-0.1, -0.05) is 0 Å². The lowest BCUT2D eigenvalue weighted by Gasteiger charge is -2.35. The van der Waals surface area contributed by atoms with Crippen molar-refractivity contribution in [2.24, 2.45) is 0 Å². The Balaban J connectivity index is 1.63. The van der Waals surface area contributed by atoms with Gasteiger partial charge in [0.05, 0.1) is 24.4 Å². The molecule has 2 aliphatic rings. The smallest absolute Gasteiger partial charge is 0.337 e. The fourth-order valence-corrected chi connectivity index (χ4v) is 3.75. The molecule has 2 bridgehead atoms. The van der Waals surface area contributed by atoms with Gasteiger partial charge in [0.1, 0.15) is 6.33 Å². The van der Waals surface area contributed by atoms with E-state index in [1.54, 1.807) is 30.6 Å². The van der Waals surface area contributed by atoms with Crippen molar-refractivity contribution in [2.45, 2.75) is 31.3 Å². The van der Waals surface area contributed by atoms with E-state index >= 15 is 0 Å². The first-order valence-corrected chi connectivity index (χ1v) is 7.99. The molecule has 0 N–H and O–H groups in total. The molecule has 2 atom stereocenters. The van der Waals surface area contributed by atoms with Gasteiger partial charge in [0.15, 0.2) is 0 Å². The number of benzene rings is 1. The van der Waals surface area contributed by atoms with Gasteiger partial charge in [0, 0.05) is 29.8 Å². The number of aromatic nitrogens is 2. The number of fused-ring (bicyclic) bond motifs is 4. The quantitative estimate of drug-likeness (QED) is 0.792. The lowest BCUT2D eigenvalue weighted by atomic mass is 9.98. The third-order valence-electron chi connectivity index (χ3n) is 4.91. The summed E-state index contributed by atoms with van der Waals surface area (Å²) in [6.45, 7) is 0. The summed E-state index contributed by atoms with van der Waals surface area (Å²) in [5.74, 6) is -0.411. The highest BCUT2D eigenvalue weighted by Gasteiger charge is 2.43. The topological polar surface area (TPSA) is 72.4 Å². The third-order valence-corrected chi connectivity index (χ3v) is 4.91. The summed E-state index contributed by atoms with van der Waals surface area (Å²) in [4.78, 5) is 35.0. The van der Waals surface area contributed by atoms with E-state index in [0.717, 1.165) is 30.5 Å². The van der Waals surface area contributed by atoms with Crippen LogP contribution in [0.15, 0.2) is 36.8 Å². The number of hydrogen-bond acceptors (Lipinski definition) is 5. The van der Waals surface area contributed by atoms with Gasteiger partial charge >= 0.3 is 5.97 Å². The van der Waals surface area contributed by atoms with Crippen molar-refractivity contribution in [2.75, 3.05) is 7.11 Å². The number of carbonyl (C=O) groups is 2. The molecule has 1 amide bonds. The molecule has 6 nitrogen and oxygen atoms in total. The Bertz CT molecular complexity index is 803. The van der Waals surface area contributed by atoms with Gasteiger partial charge in [-0.05, 0) is 37.1 Å². The van der Waals surface area contributed by atoms with Gasteiger partial charge in [0.2, 0.25) is 0 Å². The normalized spacial score (nSPS) is 21.3. The van der Waals surface area contributed by atoms with E-state index in [1.807, 2.05) is 11.1 Å².